The molecule has 1 atom stereocenters. The van der Waals surface area contributed by atoms with Gasteiger partial charge in [-0.1, -0.05) is 6.92 Å². The number of fused-ring (bicyclic) bond motifs is 1. The molecule has 6 heteroatoms. The van der Waals surface area contributed by atoms with Gasteiger partial charge < -0.3 is 4.57 Å². The first kappa shape index (κ1) is 12.2. The minimum absolute atomic E-state index is 0.131. The van der Waals surface area contributed by atoms with Crippen LogP contribution < -0.4 is 4.72 Å². The highest BCUT2D eigenvalue weighted by Gasteiger charge is 2.34. The third-order valence-electron chi connectivity index (χ3n) is 3.80. The van der Waals surface area contributed by atoms with Gasteiger partial charge in [0.25, 0.3) is 10.0 Å². The Morgan fingerprint density at radius 2 is 2.06 bits per heavy atom. The van der Waals surface area contributed by atoms with Crippen molar-refractivity contribution >= 4 is 10.0 Å². The highest BCUT2D eigenvalue weighted by Crippen LogP contribution is 2.33. The molecule has 0 spiro atoms. The molecular weight excluding hydrogens is 250 g/mol. The molecule has 5 nitrogen and oxygen atoms in total. The van der Waals surface area contributed by atoms with Crippen LogP contribution in [0.25, 0.3) is 0 Å². The molecule has 2 aliphatic rings. The molecule has 1 aliphatic heterocycles. The minimum Gasteiger partial charge on any atom is -0.331 e. The molecular formula is C12H19N3O2S. The molecule has 0 radical (unpaired) electrons. The van der Waals surface area contributed by atoms with Crippen LogP contribution in [0.1, 0.15) is 50.0 Å². The quantitative estimate of drug-likeness (QED) is 0.905. The molecule has 0 saturated heterocycles. The van der Waals surface area contributed by atoms with Crippen LogP contribution in [-0.4, -0.2) is 24.0 Å². The van der Waals surface area contributed by atoms with Crippen LogP contribution in [0.3, 0.4) is 0 Å². The van der Waals surface area contributed by atoms with Gasteiger partial charge >= 0.3 is 0 Å². The predicted molar refractivity (Wildman–Crippen MR) is 68.0 cm³/mol. The summed E-state index contributed by atoms with van der Waals surface area (Å²) in [5.41, 5.74) is 0.895. The Kier molecular flexibility index (Phi) is 2.75. The Bertz CT molecular complexity index is 572. The second-order valence-electron chi connectivity index (χ2n) is 5.44. The number of sulfonamides is 1. The van der Waals surface area contributed by atoms with E-state index >= 15 is 0 Å². The molecule has 0 amide bonds. The van der Waals surface area contributed by atoms with Gasteiger partial charge in [-0.05, 0) is 38.5 Å². The first-order chi connectivity index (χ1) is 8.49. The average Bonchev–Trinajstić information content (AvgIpc) is 3.02. The molecule has 100 valence electrons. The van der Waals surface area contributed by atoms with Crippen molar-refractivity contribution in [1.82, 2.24) is 14.3 Å². The molecule has 1 aromatic rings. The zero-order chi connectivity index (χ0) is 12.9. The van der Waals surface area contributed by atoms with Crippen LogP contribution >= 0.6 is 0 Å². The van der Waals surface area contributed by atoms with E-state index in [0.29, 0.717) is 0 Å². The van der Waals surface area contributed by atoms with Gasteiger partial charge in [0.2, 0.25) is 0 Å². The Labute approximate surface area is 108 Å². The van der Waals surface area contributed by atoms with Crippen molar-refractivity contribution in [3.63, 3.8) is 0 Å². The molecule has 1 unspecified atom stereocenters. The molecule has 1 saturated carbocycles. The van der Waals surface area contributed by atoms with Gasteiger partial charge in [0.1, 0.15) is 5.82 Å². The van der Waals surface area contributed by atoms with Crippen molar-refractivity contribution < 1.29 is 8.42 Å². The van der Waals surface area contributed by atoms with Crippen LogP contribution in [-0.2, 0) is 16.6 Å². The lowest BCUT2D eigenvalue weighted by Gasteiger charge is -2.22. The van der Waals surface area contributed by atoms with E-state index in [1.165, 1.54) is 0 Å². The number of hydrogen-bond acceptors (Lipinski definition) is 3. The Balaban J connectivity index is 2.06. The SMILES string of the molecule is Cc1nc(S(=O)(=O)NC2CC2)c2n1CCCC2C. The van der Waals surface area contributed by atoms with Gasteiger partial charge in [0.05, 0.1) is 5.69 Å². The van der Waals surface area contributed by atoms with Gasteiger partial charge in [-0.3, -0.25) is 0 Å². The van der Waals surface area contributed by atoms with Crippen LogP contribution in [0.15, 0.2) is 5.03 Å². The van der Waals surface area contributed by atoms with E-state index in [-0.39, 0.29) is 17.0 Å². The zero-order valence-corrected chi connectivity index (χ0v) is 11.6. The van der Waals surface area contributed by atoms with Gasteiger partial charge in [-0.2, -0.15) is 0 Å². The number of aryl methyl sites for hydroxylation is 1. The summed E-state index contributed by atoms with van der Waals surface area (Å²) in [6.45, 7) is 4.86. The van der Waals surface area contributed by atoms with Crippen LogP contribution in [0.4, 0.5) is 0 Å². The summed E-state index contributed by atoms with van der Waals surface area (Å²) in [6, 6.07) is 0.131. The normalized spacial score (nSPS) is 24.0. The fourth-order valence-electron chi connectivity index (χ4n) is 2.68. The fourth-order valence-corrected chi connectivity index (χ4v) is 4.31. The van der Waals surface area contributed by atoms with Gasteiger partial charge in [0, 0.05) is 12.6 Å². The number of nitrogens with one attached hydrogen (secondary N) is 1. The van der Waals surface area contributed by atoms with Crippen molar-refractivity contribution in [3.05, 3.63) is 11.5 Å². The molecule has 2 heterocycles. The number of imidazole rings is 1. The highest BCUT2D eigenvalue weighted by molar-refractivity contribution is 7.89. The molecule has 1 fully saturated rings. The number of hydrogen-bond donors (Lipinski definition) is 1. The molecule has 1 N–H and O–H groups in total. The summed E-state index contributed by atoms with van der Waals surface area (Å²) in [4.78, 5) is 4.31. The first-order valence-corrected chi connectivity index (χ1v) is 8.06. The highest BCUT2D eigenvalue weighted by atomic mass is 32.2. The van der Waals surface area contributed by atoms with Crippen molar-refractivity contribution in [2.75, 3.05) is 0 Å². The van der Waals surface area contributed by atoms with E-state index in [4.69, 9.17) is 0 Å². The molecule has 0 bridgehead atoms. The van der Waals surface area contributed by atoms with E-state index in [1.807, 2.05) is 6.92 Å². The monoisotopic (exact) mass is 269 g/mol. The Morgan fingerprint density at radius 3 is 2.72 bits per heavy atom. The lowest BCUT2D eigenvalue weighted by molar-refractivity contribution is 0.460. The minimum atomic E-state index is -3.43. The molecule has 0 aromatic carbocycles. The summed E-state index contributed by atoms with van der Waals surface area (Å²) in [6.07, 6.45) is 4.03. The Hall–Kier alpha value is -0.880. The van der Waals surface area contributed by atoms with Gasteiger partial charge in [-0.15, -0.1) is 0 Å². The summed E-state index contributed by atoms with van der Waals surface area (Å²) >= 11 is 0. The molecule has 1 aromatic heterocycles. The van der Waals surface area contributed by atoms with Gasteiger partial charge in [-0.25, -0.2) is 18.1 Å². The third-order valence-corrected chi connectivity index (χ3v) is 5.26. The second kappa shape index (κ2) is 4.06. The number of rotatable bonds is 3. The van der Waals surface area contributed by atoms with E-state index in [2.05, 4.69) is 21.2 Å². The van der Waals surface area contributed by atoms with E-state index in [0.717, 1.165) is 43.7 Å². The summed E-state index contributed by atoms with van der Waals surface area (Å²) in [7, 11) is -3.43. The lowest BCUT2D eigenvalue weighted by atomic mass is 9.99. The third kappa shape index (κ3) is 1.97. The standard InChI is InChI=1S/C12H19N3O2S/c1-8-4-3-7-15-9(2)13-12(11(8)15)18(16,17)14-10-5-6-10/h8,10,14H,3-7H2,1-2H3. The first-order valence-electron chi connectivity index (χ1n) is 6.58. The maximum Gasteiger partial charge on any atom is 0.260 e. The van der Waals surface area contributed by atoms with E-state index in [1.54, 1.807) is 0 Å². The van der Waals surface area contributed by atoms with E-state index < -0.39 is 10.0 Å². The van der Waals surface area contributed by atoms with Crippen LogP contribution in [0.2, 0.25) is 0 Å². The van der Waals surface area contributed by atoms with Crippen molar-refractivity contribution in [2.24, 2.45) is 0 Å². The Morgan fingerprint density at radius 1 is 1.33 bits per heavy atom. The van der Waals surface area contributed by atoms with Crippen molar-refractivity contribution in [2.45, 2.75) is 63.1 Å². The van der Waals surface area contributed by atoms with Crippen LogP contribution in [0, 0.1) is 6.92 Å². The van der Waals surface area contributed by atoms with Gasteiger partial charge in [0.15, 0.2) is 5.03 Å². The smallest absolute Gasteiger partial charge is 0.260 e. The molecule has 1 aliphatic carbocycles. The maximum atomic E-state index is 12.3. The zero-order valence-electron chi connectivity index (χ0n) is 10.8. The number of aromatic nitrogens is 2. The summed E-state index contributed by atoms with van der Waals surface area (Å²) in [5, 5.41) is 0.263. The average molecular weight is 269 g/mol. The largest absolute Gasteiger partial charge is 0.331 e. The van der Waals surface area contributed by atoms with E-state index in [9.17, 15) is 8.42 Å². The number of nitrogens with zero attached hydrogens (tertiary/aromatic N) is 2. The molecule has 18 heavy (non-hydrogen) atoms. The maximum absolute atomic E-state index is 12.3. The molecule has 3 rings (SSSR count). The second-order valence-corrected chi connectivity index (χ2v) is 7.07. The predicted octanol–water partition coefficient (Wildman–Crippen LogP) is 1.53. The summed E-state index contributed by atoms with van der Waals surface area (Å²) < 4.78 is 29.4. The fraction of sp³-hybridized carbons (Fsp3) is 0.750. The van der Waals surface area contributed by atoms with Crippen molar-refractivity contribution in [1.29, 1.82) is 0 Å². The van der Waals surface area contributed by atoms with Crippen molar-refractivity contribution in [3.8, 4) is 0 Å². The topological polar surface area (TPSA) is 64.0 Å². The lowest BCUT2D eigenvalue weighted by Crippen LogP contribution is -2.28. The van der Waals surface area contributed by atoms with Crippen LogP contribution in [0.5, 0.6) is 0 Å². The summed E-state index contributed by atoms with van der Waals surface area (Å²) in [5.74, 6) is 1.08.